The summed E-state index contributed by atoms with van der Waals surface area (Å²) in [6.45, 7) is 1.16. The summed E-state index contributed by atoms with van der Waals surface area (Å²) in [5, 5.41) is 10.4. The van der Waals surface area contributed by atoms with Gasteiger partial charge in [-0.2, -0.15) is 0 Å². The van der Waals surface area contributed by atoms with Gasteiger partial charge in [0, 0.05) is 23.9 Å². The van der Waals surface area contributed by atoms with Crippen molar-refractivity contribution in [2.75, 3.05) is 13.1 Å². The van der Waals surface area contributed by atoms with Crippen LogP contribution in [0.4, 0.5) is 8.78 Å². The van der Waals surface area contributed by atoms with Crippen LogP contribution >= 0.6 is 0 Å². The number of aromatic nitrogens is 2. The predicted octanol–water partition coefficient (Wildman–Crippen LogP) is 3.44. The second-order valence-electron chi connectivity index (χ2n) is 7.09. The van der Waals surface area contributed by atoms with Crippen molar-refractivity contribution >= 4 is 0 Å². The van der Waals surface area contributed by atoms with E-state index in [2.05, 4.69) is 9.88 Å². The molecule has 25 heavy (non-hydrogen) atoms. The molecule has 0 bridgehead atoms. The zero-order valence-corrected chi connectivity index (χ0v) is 14.1. The zero-order valence-electron chi connectivity index (χ0n) is 14.1. The van der Waals surface area contributed by atoms with Crippen molar-refractivity contribution in [3.63, 3.8) is 0 Å². The van der Waals surface area contributed by atoms with Crippen molar-refractivity contribution in [3.05, 3.63) is 52.6 Å². The van der Waals surface area contributed by atoms with E-state index >= 15 is 0 Å². The first-order valence-corrected chi connectivity index (χ1v) is 9.06. The van der Waals surface area contributed by atoms with E-state index in [1.165, 1.54) is 36.4 Å². The number of hydrogen-bond acceptors (Lipinski definition) is 3. The topological polar surface area (TPSA) is 52.1 Å². The Balaban J connectivity index is 1.50. The van der Waals surface area contributed by atoms with E-state index in [-0.39, 0.29) is 11.6 Å². The van der Waals surface area contributed by atoms with Crippen LogP contribution in [0.5, 0.6) is 0 Å². The molecule has 1 saturated heterocycles. The zero-order chi connectivity index (χ0) is 17.4. The fourth-order valence-corrected chi connectivity index (χ4v) is 4.08. The minimum absolute atomic E-state index is 0.128. The van der Waals surface area contributed by atoms with Crippen LogP contribution in [0.25, 0.3) is 0 Å². The Hall–Kier alpha value is -1.79. The number of aryl methyl sites for hydroxylation is 2. The fourth-order valence-electron chi connectivity index (χ4n) is 4.08. The number of imidazole rings is 1. The maximum absolute atomic E-state index is 13.9. The summed E-state index contributed by atoms with van der Waals surface area (Å²) in [4.78, 5) is 10.4. The maximum Gasteiger partial charge on any atom is 0.131 e. The highest BCUT2D eigenvalue weighted by Gasteiger charge is 2.31. The van der Waals surface area contributed by atoms with Gasteiger partial charge >= 0.3 is 0 Å². The lowest BCUT2D eigenvalue weighted by molar-refractivity contribution is 0.101. The Labute approximate surface area is 145 Å². The molecule has 6 heteroatoms. The number of benzene rings is 1. The lowest BCUT2D eigenvalue weighted by Gasteiger charge is -2.26. The number of rotatable bonds is 4. The third kappa shape index (κ3) is 3.33. The molecule has 0 radical (unpaired) electrons. The number of aromatic amines is 1. The van der Waals surface area contributed by atoms with Gasteiger partial charge in [0.15, 0.2) is 0 Å². The summed E-state index contributed by atoms with van der Waals surface area (Å²) in [5.41, 5.74) is 2.57. The summed E-state index contributed by atoms with van der Waals surface area (Å²) in [6, 6.07) is 3.46. The molecule has 1 aliphatic carbocycles. The van der Waals surface area contributed by atoms with Gasteiger partial charge in [-0.15, -0.1) is 0 Å². The normalized spacial score (nSPS) is 22.1. The van der Waals surface area contributed by atoms with E-state index in [4.69, 9.17) is 4.98 Å². The first kappa shape index (κ1) is 16.7. The van der Waals surface area contributed by atoms with Gasteiger partial charge in [0.1, 0.15) is 17.5 Å². The van der Waals surface area contributed by atoms with Crippen molar-refractivity contribution in [2.45, 2.75) is 50.7 Å². The number of nitrogens with one attached hydrogen (secondary N) is 1. The molecule has 0 unspecified atom stereocenters. The van der Waals surface area contributed by atoms with Crippen molar-refractivity contribution in [2.24, 2.45) is 0 Å². The lowest BCUT2D eigenvalue weighted by atomic mass is 10.0. The molecule has 2 atom stereocenters. The molecular formula is C19H23F2N3O. The third-order valence-electron chi connectivity index (χ3n) is 5.38. The molecule has 2 heterocycles. The van der Waals surface area contributed by atoms with Gasteiger partial charge in [0.05, 0.1) is 17.8 Å². The van der Waals surface area contributed by atoms with Crippen LogP contribution in [-0.4, -0.2) is 33.1 Å². The van der Waals surface area contributed by atoms with Crippen LogP contribution in [0.2, 0.25) is 0 Å². The number of aliphatic hydroxyl groups is 1. The van der Waals surface area contributed by atoms with E-state index in [0.717, 1.165) is 44.1 Å². The van der Waals surface area contributed by atoms with Crippen LogP contribution in [0.3, 0.4) is 0 Å². The molecule has 134 valence electrons. The van der Waals surface area contributed by atoms with Gasteiger partial charge in [-0.05, 0) is 51.1 Å². The summed E-state index contributed by atoms with van der Waals surface area (Å²) < 4.78 is 27.0. The maximum atomic E-state index is 13.9. The first-order chi connectivity index (χ1) is 12.1. The molecule has 2 aromatic rings. The summed E-state index contributed by atoms with van der Waals surface area (Å²) in [5.74, 6) is -0.360. The van der Waals surface area contributed by atoms with Gasteiger partial charge in [-0.1, -0.05) is 6.07 Å². The molecule has 1 aromatic carbocycles. The number of nitrogens with zero attached hydrogens (tertiary/aromatic N) is 2. The largest absolute Gasteiger partial charge is 0.387 e. The highest BCUT2D eigenvalue weighted by molar-refractivity contribution is 5.22. The number of halogens is 2. The fraction of sp³-hybridized carbons (Fsp3) is 0.526. The Kier molecular flexibility index (Phi) is 4.56. The van der Waals surface area contributed by atoms with Crippen molar-refractivity contribution in [1.29, 1.82) is 0 Å². The van der Waals surface area contributed by atoms with E-state index in [9.17, 15) is 13.9 Å². The van der Waals surface area contributed by atoms with Crippen LogP contribution < -0.4 is 0 Å². The summed E-state index contributed by atoms with van der Waals surface area (Å²) in [7, 11) is 0. The second-order valence-corrected chi connectivity index (χ2v) is 7.09. The number of H-pyrrole nitrogens is 1. The van der Waals surface area contributed by atoms with Gasteiger partial charge < -0.3 is 10.1 Å². The quantitative estimate of drug-likeness (QED) is 0.891. The number of aliphatic hydroxyl groups excluding tert-OH is 1. The van der Waals surface area contributed by atoms with Crippen molar-refractivity contribution < 1.29 is 13.9 Å². The molecule has 0 saturated carbocycles. The Bertz CT molecular complexity index is 738. The molecule has 1 aromatic heterocycles. The van der Waals surface area contributed by atoms with Gasteiger partial charge in [-0.3, -0.25) is 4.90 Å². The molecule has 0 amide bonds. The lowest BCUT2D eigenvalue weighted by Crippen LogP contribution is -2.29. The molecule has 2 aliphatic rings. The average molecular weight is 347 g/mol. The minimum Gasteiger partial charge on any atom is -0.387 e. The van der Waals surface area contributed by atoms with Crippen LogP contribution in [0.15, 0.2) is 18.2 Å². The first-order valence-electron chi connectivity index (χ1n) is 9.06. The van der Waals surface area contributed by atoms with E-state index in [0.29, 0.717) is 6.54 Å². The minimum atomic E-state index is -0.981. The number of likely N-dealkylation sites (tertiary alicyclic amines) is 1. The van der Waals surface area contributed by atoms with Gasteiger partial charge in [-0.25, -0.2) is 13.8 Å². The molecule has 1 fully saturated rings. The molecule has 4 nitrogen and oxygen atoms in total. The highest BCUT2D eigenvalue weighted by atomic mass is 19.1. The highest BCUT2D eigenvalue weighted by Crippen LogP contribution is 2.34. The molecule has 1 aliphatic heterocycles. The molecule has 2 N–H and O–H groups in total. The third-order valence-corrected chi connectivity index (χ3v) is 5.38. The standard InChI is InChI=1S/C19H23F2N3O/c20-12-7-8-13(14(21)10-12)18(25)11-24-9-3-6-17(24)19-22-15-4-1-2-5-16(15)23-19/h7-8,10,17-18,25H,1-6,9,11H2,(H,22,23)/t17-,18+/m0/s1. The molecule has 4 rings (SSSR count). The number of fused-ring (bicyclic) bond motifs is 1. The van der Waals surface area contributed by atoms with Gasteiger partial charge in [0.2, 0.25) is 0 Å². The van der Waals surface area contributed by atoms with E-state index < -0.39 is 17.7 Å². The predicted molar refractivity (Wildman–Crippen MR) is 90.1 cm³/mol. The Morgan fingerprint density at radius 3 is 2.88 bits per heavy atom. The number of hydrogen-bond donors (Lipinski definition) is 2. The van der Waals surface area contributed by atoms with E-state index in [1.54, 1.807) is 0 Å². The Morgan fingerprint density at radius 1 is 1.24 bits per heavy atom. The smallest absolute Gasteiger partial charge is 0.131 e. The van der Waals surface area contributed by atoms with Crippen LogP contribution in [0, 0.1) is 11.6 Å². The van der Waals surface area contributed by atoms with E-state index in [1.807, 2.05) is 0 Å². The summed E-state index contributed by atoms with van der Waals surface area (Å²) >= 11 is 0. The van der Waals surface area contributed by atoms with Crippen molar-refractivity contribution in [1.82, 2.24) is 14.9 Å². The average Bonchev–Trinajstić information content (AvgIpc) is 3.20. The van der Waals surface area contributed by atoms with Crippen LogP contribution in [0.1, 0.15) is 60.6 Å². The molecule has 0 spiro atoms. The monoisotopic (exact) mass is 347 g/mol. The SMILES string of the molecule is O[C@H](CN1CCC[C@H]1c1nc2c([nH]1)CCCC2)c1ccc(F)cc1F. The number of β-amino-alcohol motifs (C(OH)–C–C–N with tert-alkyl or cyclic N) is 1. The van der Waals surface area contributed by atoms with Gasteiger partial charge in [0.25, 0.3) is 0 Å². The molecular weight excluding hydrogens is 324 g/mol. The second kappa shape index (κ2) is 6.84. The Morgan fingerprint density at radius 2 is 2.08 bits per heavy atom. The van der Waals surface area contributed by atoms with Crippen LogP contribution in [-0.2, 0) is 12.8 Å². The summed E-state index contributed by atoms with van der Waals surface area (Å²) in [6.07, 6.45) is 5.49. The van der Waals surface area contributed by atoms with Crippen molar-refractivity contribution in [3.8, 4) is 0 Å².